The van der Waals surface area contributed by atoms with E-state index in [9.17, 15) is 4.79 Å². The van der Waals surface area contributed by atoms with Crippen molar-refractivity contribution in [3.63, 3.8) is 0 Å². The topological polar surface area (TPSA) is 35.6 Å². The number of nitrogens with zero attached hydrogens (tertiary/aromatic N) is 2. The van der Waals surface area contributed by atoms with E-state index in [0.717, 1.165) is 13.1 Å². The van der Waals surface area contributed by atoms with E-state index >= 15 is 0 Å². The minimum Gasteiger partial charge on any atom is -0.340 e. The zero-order valence-electron chi connectivity index (χ0n) is 9.86. The molecule has 1 saturated carbocycles. The lowest BCUT2D eigenvalue weighted by Crippen LogP contribution is -2.62. The monoisotopic (exact) mass is 211 g/mol. The van der Waals surface area contributed by atoms with Crippen molar-refractivity contribution in [3.8, 4) is 0 Å². The van der Waals surface area contributed by atoms with Crippen molar-refractivity contribution in [2.45, 2.75) is 37.9 Å². The number of hydrogen-bond donors (Lipinski definition) is 1. The number of carbonyl (C=O) groups excluding carboxylic acids is 1. The molecule has 0 aromatic heterocycles. The Bertz CT molecular complexity index is 252. The van der Waals surface area contributed by atoms with Crippen molar-refractivity contribution >= 4 is 5.91 Å². The lowest BCUT2D eigenvalue weighted by atomic mass is 10.1. The summed E-state index contributed by atoms with van der Waals surface area (Å²) in [7, 11) is 3.83. The molecule has 2 fully saturated rings. The second kappa shape index (κ2) is 4.10. The number of piperazine rings is 1. The summed E-state index contributed by atoms with van der Waals surface area (Å²) in [6, 6.07) is 1.08. The van der Waals surface area contributed by atoms with E-state index in [1.165, 1.54) is 12.8 Å². The van der Waals surface area contributed by atoms with Crippen LogP contribution in [0.1, 0.15) is 19.8 Å². The Hall–Kier alpha value is -0.610. The molecule has 0 radical (unpaired) electrons. The molecule has 4 nitrogen and oxygen atoms in total. The lowest BCUT2D eigenvalue weighted by Gasteiger charge is -2.43. The third-order valence-electron chi connectivity index (χ3n) is 3.58. The van der Waals surface area contributed by atoms with E-state index in [1.807, 2.05) is 19.0 Å². The maximum atomic E-state index is 12.1. The highest BCUT2D eigenvalue weighted by Crippen LogP contribution is 2.31. The van der Waals surface area contributed by atoms with Gasteiger partial charge in [-0.2, -0.15) is 0 Å². The normalized spacial score (nSPS) is 33.5. The summed E-state index contributed by atoms with van der Waals surface area (Å²) >= 11 is 0. The molecule has 1 N–H and O–H groups in total. The van der Waals surface area contributed by atoms with Gasteiger partial charge in [-0.15, -0.1) is 0 Å². The van der Waals surface area contributed by atoms with Gasteiger partial charge in [-0.3, -0.25) is 9.69 Å². The maximum absolute atomic E-state index is 12.1. The van der Waals surface area contributed by atoms with Crippen molar-refractivity contribution in [2.24, 2.45) is 0 Å². The summed E-state index contributed by atoms with van der Waals surface area (Å²) in [5, 5.41) is 3.13. The van der Waals surface area contributed by atoms with E-state index in [-0.39, 0.29) is 11.9 Å². The van der Waals surface area contributed by atoms with Crippen LogP contribution >= 0.6 is 0 Å². The second-order valence-electron chi connectivity index (χ2n) is 4.80. The predicted molar refractivity (Wildman–Crippen MR) is 59.7 cm³/mol. The first-order valence-corrected chi connectivity index (χ1v) is 5.82. The predicted octanol–water partition coefficient (Wildman–Crippen LogP) is -0.101. The van der Waals surface area contributed by atoms with E-state index in [2.05, 4.69) is 17.1 Å². The van der Waals surface area contributed by atoms with Crippen LogP contribution in [0.4, 0.5) is 0 Å². The summed E-state index contributed by atoms with van der Waals surface area (Å²) in [6.07, 6.45) is 2.54. The van der Waals surface area contributed by atoms with Gasteiger partial charge in [-0.05, 0) is 26.8 Å². The molecule has 1 aliphatic carbocycles. The van der Waals surface area contributed by atoms with Gasteiger partial charge in [0.1, 0.15) is 6.04 Å². The molecular formula is C11H21N3O. The van der Waals surface area contributed by atoms with Crippen LogP contribution in [0.3, 0.4) is 0 Å². The Morgan fingerprint density at radius 1 is 1.47 bits per heavy atom. The summed E-state index contributed by atoms with van der Waals surface area (Å²) in [5.74, 6) is 0.273. The molecule has 0 aromatic rings. The zero-order valence-corrected chi connectivity index (χ0v) is 9.86. The second-order valence-corrected chi connectivity index (χ2v) is 4.80. The molecule has 2 rings (SSSR count). The minimum atomic E-state index is 0.0590. The number of amides is 1. The number of hydrogen-bond acceptors (Lipinski definition) is 3. The molecule has 1 aliphatic heterocycles. The molecule has 2 aliphatic rings. The van der Waals surface area contributed by atoms with Crippen LogP contribution in [-0.2, 0) is 4.79 Å². The summed E-state index contributed by atoms with van der Waals surface area (Å²) in [5.41, 5.74) is 0. The molecule has 15 heavy (non-hydrogen) atoms. The molecule has 1 heterocycles. The number of rotatable bonds is 3. The van der Waals surface area contributed by atoms with E-state index in [4.69, 9.17) is 0 Å². The number of nitrogens with one attached hydrogen (secondary N) is 1. The van der Waals surface area contributed by atoms with E-state index < -0.39 is 0 Å². The Morgan fingerprint density at radius 2 is 2.13 bits per heavy atom. The largest absolute Gasteiger partial charge is 0.340 e. The molecule has 4 heteroatoms. The van der Waals surface area contributed by atoms with Crippen LogP contribution in [0.2, 0.25) is 0 Å². The van der Waals surface area contributed by atoms with Crippen LogP contribution < -0.4 is 5.32 Å². The van der Waals surface area contributed by atoms with Gasteiger partial charge in [-0.25, -0.2) is 0 Å². The standard InChI is InChI=1S/C11H21N3O/c1-8-7-14(9-4-5-9)10(6-12-2)11(15)13(8)3/h8-10,12H,4-7H2,1-3H3. The first kappa shape index (κ1) is 10.9. The third kappa shape index (κ3) is 2.01. The maximum Gasteiger partial charge on any atom is 0.241 e. The molecule has 2 atom stereocenters. The average Bonchev–Trinajstić information content (AvgIpc) is 3.02. The van der Waals surface area contributed by atoms with Crippen LogP contribution in [-0.4, -0.2) is 61.0 Å². The van der Waals surface area contributed by atoms with E-state index in [1.54, 1.807) is 0 Å². The lowest BCUT2D eigenvalue weighted by molar-refractivity contribution is -0.143. The first-order valence-electron chi connectivity index (χ1n) is 5.82. The minimum absolute atomic E-state index is 0.0590. The third-order valence-corrected chi connectivity index (χ3v) is 3.58. The fraction of sp³-hybridized carbons (Fsp3) is 0.909. The fourth-order valence-electron chi connectivity index (χ4n) is 2.36. The Labute approximate surface area is 91.6 Å². The van der Waals surface area contributed by atoms with Crippen LogP contribution in [0.25, 0.3) is 0 Å². The summed E-state index contributed by atoms with van der Waals surface area (Å²) in [4.78, 5) is 16.4. The fourth-order valence-corrected chi connectivity index (χ4v) is 2.36. The Balaban J connectivity index is 2.10. The van der Waals surface area contributed by atoms with Gasteiger partial charge < -0.3 is 10.2 Å². The van der Waals surface area contributed by atoms with Crippen molar-refractivity contribution in [1.29, 1.82) is 0 Å². The number of likely N-dealkylation sites (N-methyl/N-ethyl adjacent to an activating group) is 2. The van der Waals surface area contributed by atoms with Gasteiger partial charge >= 0.3 is 0 Å². The van der Waals surface area contributed by atoms with Gasteiger partial charge in [0.15, 0.2) is 0 Å². The molecule has 1 saturated heterocycles. The first-order chi connectivity index (χ1) is 7.15. The molecule has 2 unspecified atom stereocenters. The van der Waals surface area contributed by atoms with Crippen molar-refractivity contribution in [1.82, 2.24) is 15.1 Å². The van der Waals surface area contributed by atoms with Crippen molar-refractivity contribution < 1.29 is 4.79 Å². The van der Waals surface area contributed by atoms with Gasteiger partial charge in [0.25, 0.3) is 0 Å². The van der Waals surface area contributed by atoms with Crippen molar-refractivity contribution in [2.75, 3.05) is 27.2 Å². The molecule has 0 aromatic carbocycles. The van der Waals surface area contributed by atoms with Crippen LogP contribution in [0.15, 0.2) is 0 Å². The molecule has 1 amide bonds. The molecule has 0 bridgehead atoms. The Morgan fingerprint density at radius 3 is 2.67 bits per heavy atom. The number of carbonyl (C=O) groups is 1. The van der Waals surface area contributed by atoms with Gasteiger partial charge in [-0.1, -0.05) is 0 Å². The highest BCUT2D eigenvalue weighted by Gasteiger charge is 2.42. The summed E-state index contributed by atoms with van der Waals surface area (Å²) in [6.45, 7) is 3.93. The zero-order chi connectivity index (χ0) is 11.0. The molecule has 0 spiro atoms. The van der Waals surface area contributed by atoms with Gasteiger partial charge in [0.05, 0.1) is 0 Å². The SMILES string of the molecule is CNCC1C(=O)N(C)C(C)CN1C1CC1. The molecular weight excluding hydrogens is 190 g/mol. The highest BCUT2D eigenvalue weighted by molar-refractivity contribution is 5.83. The molecule has 86 valence electrons. The highest BCUT2D eigenvalue weighted by atomic mass is 16.2. The van der Waals surface area contributed by atoms with E-state index in [0.29, 0.717) is 12.1 Å². The van der Waals surface area contributed by atoms with Crippen LogP contribution in [0.5, 0.6) is 0 Å². The van der Waals surface area contributed by atoms with Crippen LogP contribution in [0, 0.1) is 0 Å². The summed E-state index contributed by atoms with van der Waals surface area (Å²) < 4.78 is 0. The van der Waals surface area contributed by atoms with Gasteiger partial charge in [0, 0.05) is 32.2 Å². The Kier molecular flexibility index (Phi) is 2.98. The van der Waals surface area contributed by atoms with Crippen molar-refractivity contribution in [3.05, 3.63) is 0 Å². The quantitative estimate of drug-likeness (QED) is 0.708. The average molecular weight is 211 g/mol. The van der Waals surface area contributed by atoms with Gasteiger partial charge in [0.2, 0.25) is 5.91 Å². The smallest absolute Gasteiger partial charge is 0.241 e.